The minimum atomic E-state index is -0.139. The molecule has 0 saturated heterocycles. The summed E-state index contributed by atoms with van der Waals surface area (Å²) in [6.07, 6.45) is 4.24. The van der Waals surface area contributed by atoms with Crippen LogP contribution in [0.5, 0.6) is 0 Å². The zero-order chi connectivity index (χ0) is 22.8. The van der Waals surface area contributed by atoms with E-state index in [1.54, 1.807) is 35.7 Å². The second-order valence-electron chi connectivity index (χ2n) is 7.50. The van der Waals surface area contributed by atoms with Gasteiger partial charge >= 0.3 is 0 Å². The lowest BCUT2D eigenvalue weighted by Crippen LogP contribution is -2.25. The molecule has 3 N–H and O–H groups in total. The second-order valence-corrected chi connectivity index (χ2v) is 8.53. The number of aromatic nitrogens is 5. The van der Waals surface area contributed by atoms with Gasteiger partial charge in [0.1, 0.15) is 17.0 Å². The van der Waals surface area contributed by atoms with Crippen LogP contribution in [0, 0.1) is 6.92 Å². The van der Waals surface area contributed by atoms with Crippen LogP contribution >= 0.6 is 11.3 Å². The number of nitrogens with one attached hydrogen (secondary N) is 1. The Morgan fingerprint density at radius 3 is 2.79 bits per heavy atom. The predicted octanol–water partition coefficient (Wildman–Crippen LogP) is 3.78. The molecule has 33 heavy (non-hydrogen) atoms. The fourth-order valence-electron chi connectivity index (χ4n) is 3.65. The number of rotatable bonds is 6. The monoisotopic (exact) mass is 455 g/mol. The lowest BCUT2D eigenvalue weighted by molar-refractivity contribution is 0.0954. The highest BCUT2D eigenvalue weighted by atomic mass is 32.1. The number of nitrogens with two attached hydrogens (primary N) is 1. The van der Waals surface area contributed by atoms with Crippen molar-refractivity contribution in [3.8, 4) is 22.8 Å². The maximum absolute atomic E-state index is 12.7. The zero-order valence-electron chi connectivity index (χ0n) is 17.9. The number of carbonyl (C=O) groups excluding carboxylic acids is 1. The van der Waals surface area contributed by atoms with E-state index in [1.807, 2.05) is 47.2 Å². The van der Waals surface area contributed by atoms with Crippen molar-refractivity contribution < 1.29 is 4.79 Å². The van der Waals surface area contributed by atoms with Crippen LogP contribution in [-0.4, -0.2) is 36.8 Å². The molecule has 0 atom stereocenters. The van der Waals surface area contributed by atoms with Gasteiger partial charge in [0.2, 0.25) is 5.95 Å². The number of nitrogens with zero attached hydrogens (tertiary/aromatic N) is 5. The van der Waals surface area contributed by atoms with E-state index in [-0.39, 0.29) is 11.9 Å². The summed E-state index contributed by atoms with van der Waals surface area (Å²) in [7, 11) is 0. The summed E-state index contributed by atoms with van der Waals surface area (Å²) in [6, 6.07) is 15.2. The largest absolute Gasteiger partial charge is 0.368 e. The van der Waals surface area contributed by atoms with Gasteiger partial charge in [0.05, 0.1) is 11.4 Å². The average molecular weight is 456 g/mol. The molecular weight excluding hydrogens is 434 g/mol. The van der Waals surface area contributed by atoms with Crippen LogP contribution in [0.2, 0.25) is 0 Å². The highest BCUT2D eigenvalue weighted by Crippen LogP contribution is 2.31. The number of imidazole rings is 1. The van der Waals surface area contributed by atoms with Gasteiger partial charge in [-0.2, -0.15) is 0 Å². The quantitative estimate of drug-likeness (QED) is 0.403. The molecule has 8 nitrogen and oxygen atoms in total. The van der Waals surface area contributed by atoms with Crippen LogP contribution in [0.15, 0.2) is 66.3 Å². The molecule has 5 rings (SSSR count). The van der Waals surface area contributed by atoms with Crippen molar-refractivity contribution in [2.24, 2.45) is 0 Å². The first-order chi connectivity index (χ1) is 16.1. The highest BCUT2D eigenvalue weighted by Gasteiger charge is 2.19. The van der Waals surface area contributed by atoms with Gasteiger partial charge in [-0.3, -0.25) is 14.2 Å². The average Bonchev–Trinajstić information content (AvgIpc) is 3.46. The second kappa shape index (κ2) is 8.79. The molecule has 0 aliphatic rings. The van der Waals surface area contributed by atoms with Crippen molar-refractivity contribution >= 4 is 28.8 Å². The van der Waals surface area contributed by atoms with Gasteiger partial charge in [0.25, 0.3) is 5.91 Å². The first-order valence-corrected chi connectivity index (χ1v) is 11.3. The summed E-state index contributed by atoms with van der Waals surface area (Å²) in [5.74, 6) is 0.0347. The van der Waals surface area contributed by atoms with Gasteiger partial charge in [-0.25, -0.2) is 15.0 Å². The Hall–Kier alpha value is -4.11. The lowest BCUT2D eigenvalue weighted by Gasteiger charge is -2.07. The molecule has 0 unspecified atom stereocenters. The molecule has 0 fully saturated rings. The first kappa shape index (κ1) is 20.8. The number of pyridine rings is 2. The molecule has 9 heteroatoms. The number of anilines is 1. The van der Waals surface area contributed by atoms with Crippen molar-refractivity contribution in [2.75, 3.05) is 12.3 Å². The van der Waals surface area contributed by atoms with Crippen molar-refractivity contribution in [1.29, 1.82) is 0 Å². The molecule has 5 aromatic rings. The van der Waals surface area contributed by atoms with E-state index in [2.05, 4.69) is 26.3 Å². The number of aryl methyl sites for hydroxylation is 1. The molecule has 5 aromatic heterocycles. The molecule has 5 heterocycles. The SMILES string of the molecule is Cc1cccc(-c2nc3cc(C(=O)NCCc4cccs4)ccn3c2-c2ccnc(N)n2)n1. The summed E-state index contributed by atoms with van der Waals surface area (Å²) in [6.45, 7) is 2.50. The van der Waals surface area contributed by atoms with Gasteiger partial charge in [-0.1, -0.05) is 12.1 Å². The molecule has 0 aliphatic heterocycles. The van der Waals surface area contributed by atoms with Gasteiger partial charge < -0.3 is 11.1 Å². The summed E-state index contributed by atoms with van der Waals surface area (Å²) < 4.78 is 1.89. The third kappa shape index (κ3) is 4.31. The Morgan fingerprint density at radius 1 is 1.09 bits per heavy atom. The maximum atomic E-state index is 12.7. The standard InChI is InChI=1S/C24H21N7OS/c1-15-4-2-6-18(28-15)21-22(19-8-11-27-24(25)29-19)31-12-9-16(14-20(31)30-21)23(32)26-10-7-17-5-3-13-33-17/h2-6,8-9,11-14H,7,10H2,1H3,(H,26,32)(H2,25,27,29). The van der Waals surface area contributed by atoms with E-state index in [4.69, 9.17) is 10.7 Å². The third-order valence-corrected chi connectivity index (χ3v) is 6.11. The fourth-order valence-corrected chi connectivity index (χ4v) is 4.36. The molecule has 0 aliphatic carbocycles. The van der Waals surface area contributed by atoms with E-state index in [9.17, 15) is 4.79 Å². The Balaban J connectivity index is 1.53. The molecule has 0 aromatic carbocycles. The summed E-state index contributed by atoms with van der Waals surface area (Å²) in [5, 5.41) is 5.02. The number of amides is 1. The smallest absolute Gasteiger partial charge is 0.251 e. The summed E-state index contributed by atoms with van der Waals surface area (Å²) in [5.41, 5.74) is 10.6. The van der Waals surface area contributed by atoms with Crippen LogP contribution in [0.25, 0.3) is 28.4 Å². The third-order valence-electron chi connectivity index (χ3n) is 5.17. The molecule has 164 valence electrons. The topological polar surface area (TPSA) is 111 Å². The fraction of sp³-hybridized carbons (Fsp3) is 0.125. The van der Waals surface area contributed by atoms with Crippen LogP contribution < -0.4 is 11.1 Å². The van der Waals surface area contributed by atoms with E-state index < -0.39 is 0 Å². The number of fused-ring (bicyclic) bond motifs is 1. The molecule has 1 amide bonds. The normalized spacial score (nSPS) is 11.1. The van der Waals surface area contributed by atoms with Crippen molar-refractivity contribution in [1.82, 2.24) is 29.7 Å². The van der Waals surface area contributed by atoms with E-state index in [0.717, 1.165) is 17.8 Å². The van der Waals surface area contributed by atoms with Gasteiger partial charge in [-0.05, 0) is 55.1 Å². The van der Waals surface area contributed by atoms with Gasteiger partial charge in [0.15, 0.2) is 0 Å². The molecule has 0 spiro atoms. The molecule has 0 bridgehead atoms. The van der Waals surface area contributed by atoms with E-state index >= 15 is 0 Å². The van der Waals surface area contributed by atoms with Gasteiger partial charge in [0, 0.05) is 35.1 Å². The Kier molecular flexibility index (Phi) is 5.54. The van der Waals surface area contributed by atoms with Crippen molar-refractivity contribution in [2.45, 2.75) is 13.3 Å². The Morgan fingerprint density at radius 2 is 2.00 bits per heavy atom. The molecule has 0 radical (unpaired) electrons. The van der Waals surface area contributed by atoms with E-state index in [0.29, 0.717) is 34.8 Å². The van der Waals surface area contributed by atoms with Crippen LogP contribution in [0.3, 0.4) is 0 Å². The number of carbonyl (C=O) groups is 1. The lowest BCUT2D eigenvalue weighted by atomic mass is 10.1. The zero-order valence-corrected chi connectivity index (χ0v) is 18.7. The van der Waals surface area contributed by atoms with Crippen molar-refractivity contribution in [3.63, 3.8) is 0 Å². The first-order valence-electron chi connectivity index (χ1n) is 10.4. The predicted molar refractivity (Wildman–Crippen MR) is 129 cm³/mol. The summed E-state index contributed by atoms with van der Waals surface area (Å²) >= 11 is 1.68. The van der Waals surface area contributed by atoms with Crippen molar-refractivity contribution in [3.05, 3.63) is 82.4 Å². The number of thiophene rings is 1. The van der Waals surface area contributed by atoms with Crippen LogP contribution in [-0.2, 0) is 6.42 Å². The van der Waals surface area contributed by atoms with Gasteiger partial charge in [-0.15, -0.1) is 11.3 Å². The number of nitrogen functional groups attached to an aromatic ring is 1. The number of hydrogen-bond donors (Lipinski definition) is 2. The maximum Gasteiger partial charge on any atom is 0.251 e. The minimum absolute atomic E-state index is 0.139. The molecule has 0 saturated carbocycles. The summed E-state index contributed by atoms with van der Waals surface area (Å²) in [4.78, 5) is 31.8. The Bertz CT molecular complexity index is 1440. The molecular formula is C24H21N7OS. The van der Waals surface area contributed by atoms with Crippen LogP contribution in [0.1, 0.15) is 20.9 Å². The number of hydrogen-bond acceptors (Lipinski definition) is 7. The van der Waals surface area contributed by atoms with E-state index in [1.165, 1.54) is 4.88 Å². The van der Waals surface area contributed by atoms with Crippen LogP contribution in [0.4, 0.5) is 5.95 Å². The minimum Gasteiger partial charge on any atom is -0.368 e. The highest BCUT2D eigenvalue weighted by molar-refractivity contribution is 7.09. The Labute approximate surface area is 194 Å².